The molecule has 3 aromatic rings. The molecule has 0 unspecified atom stereocenters. The third-order valence-corrected chi connectivity index (χ3v) is 10.5. The maximum atomic E-state index is 14.1. The Balaban J connectivity index is 1.09. The van der Waals surface area contributed by atoms with Gasteiger partial charge >= 0.3 is 6.18 Å². The first kappa shape index (κ1) is 30.5. The molecular weight excluding hydrogens is 597 g/mol. The van der Waals surface area contributed by atoms with Crippen molar-refractivity contribution in [2.24, 2.45) is 5.41 Å². The molecule has 2 spiro atoms. The Morgan fingerprint density at radius 1 is 1.09 bits per heavy atom. The zero-order chi connectivity index (χ0) is 32.4. The number of fused-ring (bicyclic) bond motifs is 2. The molecule has 2 aliphatic heterocycles. The number of methoxy groups -OCH3 is 1. The molecule has 4 aliphatic rings. The number of alkyl halides is 3. The van der Waals surface area contributed by atoms with E-state index in [1.807, 2.05) is 6.07 Å². The third-order valence-electron chi connectivity index (χ3n) is 10.5. The van der Waals surface area contributed by atoms with Gasteiger partial charge < -0.3 is 25.2 Å². The first-order chi connectivity index (χ1) is 21.9. The molecule has 0 radical (unpaired) electrons. The fourth-order valence-corrected chi connectivity index (χ4v) is 7.60. The highest BCUT2D eigenvalue weighted by Gasteiger charge is 2.56. The predicted molar refractivity (Wildman–Crippen MR) is 165 cm³/mol. The minimum Gasteiger partial charge on any atom is -0.495 e. The Kier molecular flexibility index (Phi) is 7.26. The lowest BCUT2D eigenvalue weighted by Gasteiger charge is -2.52. The topological polar surface area (TPSA) is 99.7 Å². The lowest BCUT2D eigenvalue weighted by atomic mass is 9.60. The molecule has 2 saturated carbocycles. The van der Waals surface area contributed by atoms with Crippen LogP contribution in [0.4, 0.5) is 24.8 Å². The van der Waals surface area contributed by atoms with E-state index in [0.717, 1.165) is 63.4 Å². The predicted octanol–water partition coefficient (Wildman–Crippen LogP) is 5.52. The lowest BCUT2D eigenvalue weighted by Crippen LogP contribution is -2.54. The van der Waals surface area contributed by atoms with Crippen molar-refractivity contribution in [2.45, 2.75) is 62.7 Å². The quantitative estimate of drug-likeness (QED) is 0.353. The van der Waals surface area contributed by atoms with E-state index in [0.29, 0.717) is 33.5 Å². The maximum Gasteiger partial charge on any atom is 0.419 e. The molecule has 2 N–H and O–H groups in total. The van der Waals surface area contributed by atoms with Gasteiger partial charge in [0.1, 0.15) is 5.75 Å². The summed E-state index contributed by atoms with van der Waals surface area (Å²) in [6.45, 7) is 2.17. The lowest BCUT2D eigenvalue weighted by molar-refractivity contribution is -0.138. The number of ether oxygens (including phenoxy) is 1. The second kappa shape index (κ2) is 11.0. The highest BCUT2D eigenvalue weighted by atomic mass is 19.4. The molecule has 9 nitrogen and oxygen atoms in total. The van der Waals surface area contributed by atoms with Crippen LogP contribution in [0, 0.1) is 5.41 Å². The molecule has 12 heteroatoms. The van der Waals surface area contributed by atoms with Gasteiger partial charge in [0.2, 0.25) is 5.95 Å². The Hall–Kier alpha value is -4.19. The standard InChI is InChI=1S/C34H37F3N6O3/c1-42-13-11-32(12-14-42)17-22(18-32)39-29(44)21-7-8-25(27(16-21)46-3)40-31-38-19-24(34(35,36)37)26(41-31)15-20-5-4-6-23-28(20)30(45)43(2)33(23)9-10-33/h4-8,16,19,22H,9-15,17-18H2,1-3H3,(H,39,44)(H,38,40,41). The van der Waals surface area contributed by atoms with Gasteiger partial charge in [0.15, 0.2) is 0 Å². The van der Waals surface area contributed by atoms with E-state index >= 15 is 0 Å². The van der Waals surface area contributed by atoms with Crippen LogP contribution < -0.4 is 15.4 Å². The number of nitrogens with zero attached hydrogens (tertiary/aromatic N) is 4. The molecule has 2 aliphatic carbocycles. The number of rotatable bonds is 7. The third kappa shape index (κ3) is 5.26. The number of amides is 2. The van der Waals surface area contributed by atoms with Crippen LogP contribution in [0.3, 0.4) is 0 Å². The average molecular weight is 635 g/mol. The van der Waals surface area contributed by atoms with Crippen LogP contribution in [0.5, 0.6) is 5.75 Å². The summed E-state index contributed by atoms with van der Waals surface area (Å²) in [6.07, 6.45) is 1.82. The van der Waals surface area contributed by atoms with Crippen LogP contribution in [-0.2, 0) is 18.1 Å². The van der Waals surface area contributed by atoms with Crippen molar-refractivity contribution in [2.75, 3.05) is 39.6 Å². The number of hydrogen-bond acceptors (Lipinski definition) is 7. The Bertz CT molecular complexity index is 1710. The Morgan fingerprint density at radius 3 is 2.50 bits per heavy atom. The van der Waals surface area contributed by atoms with Crippen molar-refractivity contribution in [3.05, 3.63) is 76.1 Å². The molecule has 0 bridgehead atoms. The van der Waals surface area contributed by atoms with Gasteiger partial charge in [-0.15, -0.1) is 0 Å². The van der Waals surface area contributed by atoms with Gasteiger partial charge in [-0.3, -0.25) is 9.59 Å². The SMILES string of the molecule is COc1cc(C(=O)NC2CC3(CCN(C)CC3)C2)ccc1Nc1ncc(C(F)(F)F)c(Cc2cccc3c2C(=O)N(C)C32CC2)n1. The Labute approximate surface area is 265 Å². The molecular formula is C34H37F3N6O3. The highest BCUT2D eigenvalue weighted by molar-refractivity contribution is 6.02. The van der Waals surface area contributed by atoms with Gasteiger partial charge in [0.25, 0.3) is 11.8 Å². The van der Waals surface area contributed by atoms with E-state index in [1.54, 1.807) is 42.3 Å². The number of anilines is 2. The van der Waals surface area contributed by atoms with Crippen LogP contribution in [0.1, 0.15) is 81.6 Å². The van der Waals surface area contributed by atoms with Gasteiger partial charge in [0.05, 0.1) is 29.6 Å². The second-order valence-electron chi connectivity index (χ2n) is 13.4. The van der Waals surface area contributed by atoms with Gasteiger partial charge in [0, 0.05) is 36.8 Å². The molecule has 3 fully saturated rings. The molecule has 0 atom stereocenters. The largest absolute Gasteiger partial charge is 0.495 e. The summed E-state index contributed by atoms with van der Waals surface area (Å²) in [5.41, 5.74) is 1.41. The average Bonchev–Trinajstić information content (AvgIpc) is 3.79. The molecule has 1 saturated heterocycles. The summed E-state index contributed by atoms with van der Waals surface area (Å²) in [6, 6.07) is 10.4. The highest BCUT2D eigenvalue weighted by Crippen LogP contribution is 2.56. The molecule has 1 aromatic heterocycles. The van der Waals surface area contributed by atoms with Gasteiger partial charge in [-0.05, 0) is 93.4 Å². The van der Waals surface area contributed by atoms with E-state index < -0.39 is 11.7 Å². The van der Waals surface area contributed by atoms with Crippen LogP contribution in [-0.4, -0.2) is 71.9 Å². The minimum atomic E-state index is -4.69. The molecule has 2 amide bonds. The number of piperidine rings is 1. The summed E-state index contributed by atoms with van der Waals surface area (Å²) in [4.78, 5) is 38.5. The molecule has 2 aromatic carbocycles. The monoisotopic (exact) mass is 634 g/mol. The smallest absolute Gasteiger partial charge is 0.419 e. The van der Waals surface area contributed by atoms with E-state index in [4.69, 9.17) is 4.74 Å². The van der Waals surface area contributed by atoms with E-state index in [9.17, 15) is 22.8 Å². The van der Waals surface area contributed by atoms with E-state index in [2.05, 4.69) is 32.5 Å². The maximum absolute atomic E-state index is 14.1. The van der Waals surface area contributed by atoms with Gasteiger partial charge in [-0.1, -0.05) is 18.2 Å². The van der Waals surface area contributed by atoms with Crippen LogP contribution >= 0.6 is 0 Å². The van der Waals surface area contributed by atoms with Crippen molar-refractivity contribution in [3.63, 3.8) is 0 Å². The van der Waals surface area contributed by atoms with Crippen molar-refractivity contribution in [1.29, 1.82) is 0 Å². The van der Waals surface area contributed by atoms with E-state index in [1.165, 1.54) is 7.11 Å². The molecule has 7 rings (SSSR count). The minimum absolute atomic E-state index is 0.0638. The number of likely N-dealkylation sites (tertiary alicyclic amines) is 1. The zero-order valence-electron chi connectivity index (χ0n) is 26.1. The number of carbonyl (C=O) groups is 2. The van der Waals surface area contributed by atoms with Crippen LogP contribution in [0.25, 0.3) is 0 Å². The summed E-state index contributed by atoms with van der Waals surface area (Å²) in [5, 5.41) is 6.10. The van der Waals surface area contributed by atoms with Gasteiger partial charge in [-0.2, -0.15) is 13.2 Å². The van der Waals surface area contributed by atoms with Crippen molar-refractivity contribution in [1.82, 2.24) is 25.1 Å². The van der Waals surface area contributed by atoms with Crippen molar-refractivity contribution < 1.29 is 27.5 Å². The van der Waals surface area contributed by atoms with Crippen LogP contribution in [0.2, 0.25) is 0 Å². The summed E-state index contributed by atoms with van der Waals surface area (Å²) >= 11 is 0. The fraction of sp³-hybridized carbons (Fsp3) is 0.471. The van der Waals surface area contributed by atoms with Crippen molar-refractivity contribution in [3.8, 4) is 5.75 Å². The normalized spacial score (nSPS) is 20.0. The first-order valence-electron chi connectivity index (χ1n) is 15.7. The molecule has 46 heavy (non-hydrogen) atoms. The van der Waals surface area contributed by atoms with E-state index in [-0.39, 0.29) is 41.5 Å². The number of nitrogens with one attached hydrogen (secondary N) is 2. The Morgan fingerprint density at radius 2 is 1.83 bits per heavy atom. The van der Waals surface area contributed by atoms with Crippen molar-refractivity contribution >= 4 is 23.5 Å². The number of benzene rings is 2. The number of hydrogen-bond donors (Lipinski definition) is 2. The first-order valence-corrected chi connectivity index (χ1v) is 15.7. The second-order valence-corrected chi connectivity index (χ2v) is 13.4. The summed E-state index contributed by atoms with van der Waals surface area (Å²) in [5.74, 6) is -0.126. The fourth-order valence-electron chi connectivity index (χ4n) is 7.60. The number of carbonyl (C=O) groups excluding carboxylic acids is 2. The molecule has 242 valence electrons. The van der Waals surface area contributed by atoms with Crippen LogP contribution in [0.15, 0.2) is 42.6 Å². The number of aromatic nitrogens is 2. The van der Waals surface area contributed by atoms with Gasteiger partial charge in [-0.25, -0.2) is 9.97 Å². The summed E-state index contributed by atoms with van der Waals surface area (Å²) in [7, 11) is 5.33. The number of halogens is 3. The molecule has 3 heterocycles. The summed E-state index contributed by atoms with van der Waals surface area (Å²) < 4.78 is 47.8. The zero-order valence-corrected chi connectivity index (χ0v) is 26.1.